The predicted octanol–water partition coefficient (Wildman–Crippen LogP) is 5.04. The minimum Gasteiger partial charge on any atom is -0.449 e. The molecule has 1 aliphatic carbocycles. The van der Waals surface area contributed by atoms with Crippen molar-refractivity contribution in [2.75, 3.05) is 6.61 Å². The fourth-order valence-corrected chi connectivity index (χ4v) is 4.79. The van der Waals surface area contributed by atoms with Crippen LogP contribution in [-0.4, -0.2) is 18.6 Å². The fourth-order valence-electron chi connectivity index (χ4n) is 4.79. The maximum atomic E-state index is 13.2. The molecule has 0 saturated heterocycles. The third kappa shape index (κ3) is 5.39. The number of carbonyl (C=O) groups excluding carboxylic acids is 2. The van der Waals surface area contributed by atoms with Crippen LogP contribution in [-0.2, 0) is 22.6 Å². The topological polar surface area (TPSA) is 93.5 Å². The molecule has 186 valence electrons. The second-order valence-corrected chi connectivity index (χ2v) is 9.05. The molecule has 6 nitrogen and oxygen atoms in total. The lowest BCUT2D eigenvalue weighted by atomic mass is 9.98. The maximum Gasteiger partial charge on any atom is 0.408 e. The highest BCUT2D eigenvalue weighted by Gasteiger charge is 2.30. The molecular formula is C31H29N3O3. The average Bonchev–Trinajstić information content (AvgIpc) is 3.28. The van der Waals surface area contributed by atoms with Crippen molar-refractivity contribution in [3.05, 3.63) is 131 Å². The third-order valence-electron chi connectivity index (χ3n) is 6.73. The molecule has 2 amide bonds. The number of amides is 2. The maximum absolute atomic E-state index is 13.2. The number of ether oxygens (including phenoxy) is 1. The van der Waals surface area contributed by atoms with E-state index in [-0.39, 0.29) is 18.4 Å². The molecule has 0 aromatic heterocycles. The Hall–Kier alpha value is -4.42. The molecule has 0 bridgehead atoms. The van der Waals surface area contributed by atoms with Gasteiger partial charge in [-0.1, -0.05) is 103 Å². The molecule has 6 heteroatoms. The van der Waals surface area contributed by atoms with Crippen molar-refractivity contribution in [3.8, 4) is 11.1 Å². The van der Waals surface area contributed by atoms with Crippen molar-refractivity contribution in [1.82, 2.24) is 10.6 Å². The summed E-state index contributed by atoms with van der Waals surface area (Å²) in [5.74, 6) is -0.374. The van der Waals surface area contributed by atoms with Crippen LogP contribution in [0.1, 0.15) is 39.8 Å². The van der Waals surface area contributed by atoms with E-state index < -0.39 is 12.1 Å². The summed E-state index contributed by atoms with van der Waals surface area (Å²) in [6, 6.07) is 32.3. The van der Waals surface area contributed by atoms with Crippen LogP contribution in [0.15, 0.2) is 103 Å². The number of hydrogen-bond donors (Lipinski definition) is 3. The van der Waals surface area contributed by atoms with Gasteiger partial charge in [-0.15, -0.1) is 0 Å². The van der Waals surface area contributed by atoms with Gasteiger partial charge in [-0.05, 0) is 38.9 Å². The van der Waals surface area contributed by atoms with Gasteiger partial charge in [-0.25, -0.2) is 4.79 Å². The van der Waals surface area contributed by atoms with Gasteiger partial charge in [-0.3, -0.25) is 4.79 Å². The summed E-state index contributed by atoms with van der Waals surface area (Å²) in [5.41, 5.74) is 12.9. The predicted molar refractivity (Wildman–Crippen MR) is 144 cm³/mol. The molecule has 4 N–H and O–H groups in total. The number of rotatable bonds is 8. The minimum absolute atomic E-state index is 0.0568. The Morgan fingerprint density at radius 1 is 0.757 bits per heavy atom. The molecule has 0 fully saturated rings. The Balaban J connectivity index is 1.26. The van der Waals surface area contributed by atoms with E-state index in [1.807, 2.05) is 78.9 Å². The molecule has 4 aromatic carbocycles. The van der Waals surface area contributed by atoms with E-state index >= 15 is 0 Å². The highest BCUT2D eigenvalue weighted by atomic mass is 16.5. The van der Waals surface area contributed by atoms with Gasteiger partial charge in [0.25, 0.3) is 0 Å². The Morgan fingerprint density at radius 3 is 1.95 bits per heavy atom. The Kier molecular flexibility index (Phi) is 7.28. The molecule has 0 radical (unpaired) electrons. The van der Waals surface area contributed by atoms with Gasteiger partial charge < -0.3 is 21.1 Å². The molecule has 0 saturated carbocycles. The lowest BCUT2D eigenvalue weighted by Gasteiger charge is -2.20. The fraction of sp³-hybridized carbons (Fsp3) is 0.161. The van der Waals surface area contributed by atoms with Gasteiger partial charge in [0.05, 0.1) is 0 Å². The summed E-state index contributed by atoms with van der Waals surface area (Å²) >= 11 is 0. The average molecular weight is 492 g/mol. The molecule has 0 unspecified atom stereocenters. The van der Waals surface area contributed by atoms with Crippen LogP contribution in [0.3, 0.4) is 0 Å². The van der Waals surface area contributed by atoms with Gasteiger partial charge in [0.1, 0.15) is 12.6 Å². The van der Waals surface area contributed by atoms with Crippen molar-refractivity contribution >= 4 is 12.0 Å². The summed E-state index contributed by atoms with van der Waals surface area (Å²) in [6.45, 7) is 0.975. The van der Waals surface area contributed by atoms with Crippen molar-refractivity contribution < 1.29 is 14.3 Å². The quantitative estimate of drug-likeness (QED) is 0.322. The first-order valence-electron chi connectivity index (χ1n) is 12.4. The number of nitrogens with one attached hydrogen (secondary N) is 2. The van der Waals surface area contributed by atoms with Crippen molar-refractivity contribution in [1.29, 1.82) is 0 Å². The van der Waals surface area contributed by atoms with Crippen molar-refractivity contribution in [2.45, 2.75) is 25.0 Å². The highest BCUT2D eigenvalue weighted by Crippen LogP contribution is 2.44. The normalized spacial score (nSPS) is 12.8. The van der Waals surface area contributed by atoms with E-state index in [2.05, 4.69) is 34.9 Å². The number of benzene rings is 4. The zero-order valence-electron chi connectivity index (χ0n) is 20.4. The van der Waals surface area contributed by atoms with E-state index in [1.165, 1.54) is 0 Å². The third-order valence-corrected chi connectivity index (χ3v) is 6.73. The summed E-state index contributed by atoms with van der Waals surface area (Å²) < 4.78 is 5.69. The van der Waals surface area contributed by atoms with Crippen molar-refractivity contribution in [2.24, 2.45) is 5.73 Å². The van der Waals surface area contributed by atoms with Gasteiger partial charge in [0.2, 0.25) is 5.91 Å². The van der Waals surface area contributed by atoms with Crippen molar-refractivity contribution in [3.63, 3.8) is 0 Å². The molecule has 37 heavy (non-hydrogen) atoms. The zero-order valence-corrected chi connectivity index (χ0v) is 20.4. The van der Waals surface area contributed by atoms with E-state index in [4.69, 9.17) is 10.5 Å². The molecule has 4 aromatic rings. The first kappa shape index (κ1) is 24.3. The van der Waals surface area contributed by atoms with Gasteiger partial charge in [0, 0.05) is 19.0 Å². The molecule has 1 aliphatic rings. The number of alkyl carbamates (subject to hydrolysis) is 1. The van der Waals surface area contributed by atoms with Crippen LogP contribution in [0.25, 0.3) is 11.1 Å². The number of nitrogens with two attached hydrogens (primary N) is 1. The second kappa shape index (κ2) is 11.1. The van der Waals surface area contributed by atoms with Crippen LogP contribution >= 0.6 is 0 Å². The van der Waals surface area contributed by atoms with E-state index in [0.717, 1.165) is 33.4 Å². The summed E-state index contributed by atoms with van der Waals surface area (Å²) in [7, 11) is 0. The lowest BCUT2D eigenvalue weighted by Crippen LogP contribution is -2.40. The van der Waals surface area contributed by atoms with Gasteiger partial charge >= 0.3 is 6.09 Å². The van der Waals surface area contributed by atoms with Crippen LogP contribution in [0.5, 0.6) is 0 Å². The Bertz CT molecular complexity index is 1340. The molecule has 0 aliphatic heterocycles. The lowest BCUT2D eigenvalue weighted by molar-refractivity contribution is -0.123. The van der Waals surface area contributed by atoms with Crippen LogP contribution < -0.4 is 16.4 Å². The summed E-state index contributed by atoms with van der Waals surface area (Å²) in [4.78, 5) is 26.1. The Labute approximate surface area is 216 Å². The van der Waals surface area contributed by atoms with Gasteiger partial charge in [0.15, 0.2) is 0 Å². The number of fused-ring (bicyclic) bond motifs is 3. The Morgan fingerprint density at radius 2 is 1.32 bits per heavy atom. The molecule has 0 heterocycles. The number of carbonyl (C=O) groups is 2. The molecule has 5 rings (SSSR count). The smallest absolute Gasteiger partial charge is 0.408 e. The monoisotopic (exact) mass is 491 g/mol. The van der Waals surface area contributed by atoms with Crippen LogP contribution in [0.4, 0.5) is 4.79 Å². The second-order valence-electron chi connectivity index (χ2n) is 9.05. The first-order valence-corrected chi connectivity index (χ1v) is 12.4. The molecular weight excluding hydrogens is 462 g/mol. The molecule has 0 spiro atoms. The van der Waals surface area contributed by atoms with E-state index in [0.29, 0.717) is 18.7 Å². The van der Waals surface area contributed by atoms with E-state index in [9.17, 15) is 9.59 Å². The summed E-state index contributed by atoms with van der Waals surface area (Å²) in [5, 5.41) is 5.69. The van der Waals surface area contributed by atoms with Crippen LogP contribution in [0, 0.1) is 0 Å². The largest absolute Gasteiger partial charge is 0.449 e. The molecule has 1 atom stereocenters. The standard InChI is InChI=1S/C31H29N3O3/c32-18-21-14-16-22(17-15-21)19-33-30(35)29(23-8-2-1-3-9-23)34-31(36)37-20-28-26-12-6-4-10-24(26)25-11-5-7-13-27(25)28/h1-17,28-29H,18-20,32H2,(H,33,35)(H,34,36)/t29-/m0/s1. The van der Waals surface area contributed by atoms with Crippen LogP contribution in [0.2, 0.25) is 0 Å². The SMILES string of the molecule is NCc1ccc(CNC(=O)[C@@H](NC(=O)OCC2c3ccccc3-c3ccccc32)c2ccccc2)cc1. The van der Waals surface area contributed by atoms with E-state index in [1.54, 1.807) is 0 Å². The highest BCUT2D eigenvalue weighted by molar-refractivity contribution is 5.87. The zero-order chi connectivity index (χ0) is 25.6. The number of hydrogen-bond acceptors (Lipinski definition) is 4. The first-order chi connectivity index (χ1) is 18.1. The minimum atomic E-state index is -0.889. The summed E-state index contributed by atoms with van der Waals surface area (Å²) in [6.07, 6.45) is -0.641. The van der Waals surface area contributed by atoms with Gasteiger partial charge in [-0.2, -0.15) is 0 Å².